The van der Waals surface area contributed by atoms with Crippen LogP contribution in [0.5, 0.6) is 0 Å². The third kappa shape index (κ3) is 3.29. The summed E-state index contributed by atoms with van der Waals surface area (Å²) in [5.41, 5.74) is 5.75. The number of hydrogen-bond donors (Lipinski definition) is 2. The average molecular weight is 405 g/mol. The molecule has 7 nitrogen and oxygen atoms in total. The molecule has 146 valence electrons. The highest BCUT2D eigenvalue weighted by molar-refractivity contribution is 6.30. The molecule has 0 spiro atoms. The van der Waals surface area contributed by atoms with E-state index >= 15 is 0 Å². The van der Waals surface area contributed by atoms with E-state index in [1.165, 1.54) is 24.4 Å². The van der Waals surface area contributed by atoms with E-state index in [2.05, 4.69) is 15.3 Å². The first-order valence-electron chi connectivity index (χ1n) is 8.69. The van der Waals surface area contributed by atoms with E-state index in [1.807, 2.05) is 0 Å². The smallest absolute Gasteiger partial charge is 0.283 e. The number of nitrogens with zero attached hydrogens (tertiary/aromatic N) is 2. The molecule has 0 radical (unpaired) electrons. The second-order valence-corrected chi connectivity index (χ2v) is 7.34. The minimum absolute atomic E-state index is 0.00606. The molecule has 1 saturated heterocycles. The molecule has 4 rings (SSSR count). The predicted molar refractivity (Wildman–Crippen MR) is 102 cm³/mol. The summed E-state index contributed by atoms with van der Waals surface area (Å²) < 4.78 is 25.8. The van der Waals surface area contributed by atoms with E-state index in [0.29, 0.717) is 29.5 Å². The first-order chi connectivity index (χ1) is 13.4. The van der Waals surface area contributed by atoms with Crippen LogP contribution in [0.25, 0.3) is 0 Å². The first-order valence-corrected chi connectivity index (χ1v) is 9.07. The summed E-state index contributed by atoms with van der Waals surface area (Å²) in [6.07, 6.45) is 1.09. The van der Waals surface area contributed by atoms with Crippen LogP contribution in [0.1, 0.15) is 23.0 Å². The van der Waals surface area contributed by atoms with Gasteiger partial charge in [0.2, 0.25) is 0 Å². The molecule has 0 saturated carbocycles. The number of nitrogens with two attached hydrogens (primary N) is 1. The summed E-state index contributed by atoms with van der Waals surface area (Å²) in [7, 11) is 0. The maximum atomic E-state index is 14.8. The van der Waals surface area contributed by atoms with Crippen molar-refractivity contribution >= 4 is 29.2 Å². The van der Waals surface area contributed by atoms with Crippen molar-refractivity contribution < 1.29 is 18.7 Å². The van der Waals surface area contributed by atoms with Crippen molar-refractivity contribution in [3.63, 3.8) is 0 Å². The van der Waals surface area contributed by atoms with Crippen molar-refractivity contribution in [2.75, 3.05) is 18.5 Å². The van der Waals surface area contributed by atoms with Gasteiger partial charge in [0.15, 0.2) is 0 Å². The first kappa shape index (κ1) is 18.6. The normalized spacial score (nSPS) is 26.2. The standard InChI is InChI=1S/C19H18ClFN4O3/c1-19(13-8-27-9-16(13)28-18(22)25-19)12-6-11(3-4-14(12)21)24-17(26)15-5-2-10(20)7-23-15/h2-7,13,16H,8-9H2,1H3,(H2,22,25)(H,24,26)/t13?,16?,19-/m1/s1. The Balaban J connectivity index is 1.66. The summed E-state index contributed by atoms with van der Waals surface area (Å²) in [5.74, 6) is -1.08. The minimum atomic E-state index is -0.979. The van der Waals surface area contributed by atoms with Gasteiger partial charge in [-0.2, -0.15) is 0 Å². The molecule has 3 atom stereocenters. The van der Waals surface area contributed by atoms with Crippen LogP contribution >= 0.6 is 11.6 Å². The third-order valence-corrected chi connectivity index (χ3v) is 5.32. The van der Waals surface area contributed by atoms with Gasteiger partial charge >= 0.3 is 0 Å². The molecule has 2 unspecified atom stereocenters. The summed E-state index contributed by atoms with van der Waals surface area (Å²) in [6, 6.07) is 7.39. The zero-order chi connectivity index (χ0) is 19.9. The van der Waals surface area contributed by atoms with Gasteiger partial charge < -0.3 is 20.5 Å². The van der Waals surface area contributed by atoms with Crippen molar-refractivity contribution in [2.45, 2.75) is 18.6 Å². The van der Waals surface area contributed by atoms with E-state index in [-0.39, 0.29) is 23.7 Å². The average Bonchev–Trinajstić information content (AvgIpc) is 3.13. The Labute approximate surface area is 165 Å². The van der Waals surface area contributed by atoms with Gasteiger partial charge in [-0.3, -0.25) is 4.79 Å². The number of amidine groups is 1. The van der Waals surface area contributed by atoms with Gasteiger partial charge in [0.05, 0.1) is 29.7 Å². The fourth-order valence-electron chi connectivity index (χ4n) is 3.62. The van der Waals surface area contributed by atoms with Gasteiger partial charge in [-0.05, 0) is 37.3 Å². The Bertz CT molecular complexity index is 953. The maximum absolute atomic E-state index is 14.8. The number of carbonyl (C=O) groups is 1. The molecule has 3 N–H and O–H groups in total. The molecule has 1 aromatic carbocycles. The number of aromatic nitrogens is 1. The van der Waals surface area contributed by atoms with Crippen molar-refractivity contribution in [1.82, 2.24) is 4.98 Å². The lowest BCUT2D eigenvalue weighted by Crippen LogP contribution is -2.47. The Morgan fingerprint density at radius 1 is 1.36 bits per heavy atom. The lowest BCUT2D eigenvalue weighted by Gasteiger charge is -2.38. The van der Waals surface area contributed by atoms with E-state index in [9.17, 15) is 9.18 Å². The third-order valence-electron chi connectivity index (χ3n) is 5.09. The Morgan fingerprint density at radius 3 is 2.93 bits per heavy atom. The summed E-state index contributed by atoms with van der Waals surface area (Å²) >= 11 is 5.79. The summed E-state index contributed by atoms with van der Waals surface area (Å²) in [4.78, 5) is 20.8. The Hall–Kier alpha value is -2.71. The molecule has 2 aromatic rings. The largest absolute Gasteiger partial charge is 0.459 e. The molecular weight excluding hydrogens is 387 g/mol. The van der Waals surface area contributed by atoms with Crippen LogP contribution in [0.4, 0.5) is 10.1 Å². The number of anilines is 1. The molecule has 1 fully saturated rings. The lowest BCUT2D eigenvalue weighted by atomic mass is 9.77. The molecule has 1 aromatic heterocycles. The van der Waals surface area contributed by atoms with Gasteiger partial charge in [0.25, 0.3) is 11.9 Å². The molecule has 1 amide bonds. The number of aliphatic imine (C=N–C) groups is 1. The molecule has 2 aliphatic heterocycles. The number of halogens is 2. The maximum Gasteiger partial charge on any atom is 0.283 e. The number of amides is 1. The fraction of sp³-hybridized carbons (Fsp3) is 0.316. The number of ether oxygens (including phenoxy) is 2. The van der Waals surface area contributed by atoms with E-state index < -0.39 is 17.3 Å². The highest BCUT2D eigenvalue weighted by Gasteiger charge is 2.50. The van der Waals surface area contributed by atoms with Crippen molar-refractivity contribution in [2.24, 2.45) is 16.6 Å². The van der Waals surface area contributed by atoms with Gasteiger partial charge in [0, 0.05) is 17.4 Å². The molecular formula is C19H18ClFN4O3. The van der Waals surface area contributed by atoms with Gasteiger partial charge in [-0.15, -0.1) is 0 Å². The van der Waals surface area contributed by atoms with Gasteiger partial charge in [0.1, 0.15) is 17.6 Å². The monoisotopic (exact) mass is 404 g/mol. The number of fused-ring (bicyclic) bond motifs is 1. The summed E-state index contributed by atoms with van der Waals surface area (Å²) in [6.45, 7) is 2.54. The molecule has 0 aliphatic carbocycles. The molecule has 0 bridgehead atoms. The van der Waals surface area contributed by atoms with Gasteiger partial charge in [-0.25, -0.2) is 14.4 Å². The molecule has 2 aliphatic rings. The van der Waals surface area contributed by atoms with Crippen LogP contribution in [0.15, 0.2) is 41.5 Å². The molecule has 3 heterocycles. The summed E-state index contributed by atoms with van der Waals surface area (Å²) in [5, 5.41) is 3.15. The number of nitrogens with one attached hydrogen (secondary N) is 1. The Kier molecular flexibility index (Phi) is 4.68. The van der Waals surface area contributed by atoms with Crippen LogP contribution in [0.2, 0.25) is 5.02 Å². The van der Waals surface area contributed by atoms with Crippen molar-refractivity contribution in [3.8, 4) is 0 Å². The highest BCUT2D eigenvalue weighted by Crippen LogP contribution is 2.43. The second-order valence-electron chi connectivity index (χ2n) is 6.91. The topological polar surface area (TPSA) is 98.8 Å². The zero-order valence-corrected chi connectivity index (χ0v) is 15.7. The predicted octanol–water partition coefficient (Wildman–Crippen LogP) is 2.70. The number of rotatable bonds is 3. The van der Waals surface area contributed by atoms with Crippen LogP contribution in [-0.4, -0.2) is 36.2 Å². The SMILES string of the molecule is C[C@]1(c2cc(NC(=O)c3ccc(Cl)cn3)ccc2F)N=C(N)OC2COCC21. The number of pyridine rings is 1. The van der Waals surface area contributed by atoms with Crippen molar-refractivity contribution in [1.29, 1.82) is 0 Å². The number of benzene rings is 1. The lowest BCUT2D eigenvalue weighted by molar-refractivity contribution is 0.0817. The fourth-order valence-corrected chi connectivity index (χ4v) is 3.74. The number of hydrogen-bond acceptors (Lipinski definition) is 6. The van der Waals surface area contributed by atoms with Crippen LogP contribution in [0.3, 0.4) is 0 Å². The zero-order valence-electron chi connectivity index (χ0n) is 15.0. The quantitative estimate of drug-likeness (QED) is 0.819. The van der Waals surface area contributed by atoms with Crippen LogP contribution in [-0.2, 0) is 15.0 Å². The molecule has 9 heteroatoms. The van der Waals surface area contributed by atoms with Crippen LogP contribution < -0.4 is 11.1 Å². The van der Waals surface area contributed by atoms with E-state index in [0.717, 1.165) is 0 Å². The van der Waals surface area contributed by atoms with E-state index in [1.54, 1.807) is 19.1 Å². The second kappa shape index (κ2) is 7.03. The Morgan fingerprint density at radius 2 is 2.18 bits per heavy atom. The minimum Gasteiger partial charge on any atom is -0.459 e. The number of carbonyl (C=O) groups excluding carboxylic acids is 1. The van der Waals surface area contributed by atoms with Crippen LogP contribution in [0, 0.1) is 11.7 Å². The highest BCUT2D eigenvalue weighted by atomic mass is 35.5. The van der Waals surface area contributed by atoms with E-state index in [4.69, 9.17) is 26.8 Å². The van der Waals surface area contributed by atoms with Crippen molar-refractivity contribution in [3.05, 3.63) is 58.6 Å². The van der Waals surface area contributed by atoms with Gasteiger partial charge in [-0.1, -0.05) is 11.6 Å². The molecule has 28 heavy (non-hydrogen) atoms.